The van der Waals surface area contributed by atoms with Crippen molar-refractivity contribution in [3.05, 3.63) is 59.7 Å². The van der Waals surface area contributed by atoms with Crippen LogP contribution in [0.5, 0.6) is 11.5 Å². The molecule has 3 heteroatoms. The highest BCUT2D eigenvalue weighted by Crippen LogP contribution is 2.54. The number of hydrogen-bond acceptors (Lipinski definition) is 3. The molecule has 2 unspecified atom stereocenters. The molecule has 1 aliphatic carbocycles. The summed E-state index contributed by atoms with van der Waals surface area (Å²) in [5, 5.41) is 3.73. The van der Waals surface area contributed by atoms with Gasteiger partial charge in [0.2, 0.25) is 0 Å². The molecular formula is C27H31NO2. The van der Waals surface area contributed by atoms with Gasteiger partial charge in [0, 0.05) is 22.7 Å². The summed E-state index contributed by atoms with van der Waals surface area (Å²) in [6.07, 6.45) is 11.7. The highest BCUT2D eigenvalue weighted by molar-refractivity contribution is 5.91. The van der Waals surface area contributed by atoms with Crippen molar-refractivity contribution in [2.75, 3.05) is 12.4 Å². The Bertz CT molecular complexity index is 1050. The second-order valence-corrected chi connectivity index (χ2v) is 9.39. The molecule has 2 aromatic rings. The summed E-state index contributed by atoms with van der Waals surface area (Å²) in [5.74, 6) is 2.28. The summed E-state index contributed by atoms with van der Waals surface area (Å²) in [5.41, 5.74) is 7.42. The Hall–Kier alpha value is -2.68. The molecule has 1 N–H and O–H groups in total. The predicted octanol–water partition coefficient (Wildman–Crippen LogP) is 7.15. The zero-order valence-electron chi connectivity index (χ0n) is 18.4. The third-order valence-electron chi connectivity index (χ3n) is 6.67. The van der Waals surface area contributed by atoms with Crippen LogP contribution in [-0.4, -0.2) is 12.6 Å². The first-order chi connectivity index (χ1) is 14.5. The number of hydrogen-bond donors (Lipinski definition) is 1. The fourth-order valence-corrected chi connectivity index (χ4v) is 5.51. The number of methoxy groups -OCH3 is 1. The van der Waals surface area contributed by atoms with Crippen molar-refractivity contribution in [2.45, 2.75) is 58.1 Å². The van der Waals surface area contributed by atoms with Gasteiger partial charge in [0.25, 0.3) is 0 Å². The van der Waals surface area contributed by atoms with Crippen molar-refractivity contribution in [1.29, 1.82) is 0 Å². The first-order valence-electron chi connectivity index (χ1n) is 11.1. The third-order valence-corrected chi connectivity index (χ3v) is 6.67. The van der Waals surface area contributed by atoms with Gasteiger partial charge in [0.1, 0.15) is 17.6 Å². The van der Waals surface area contributed by atoms with Gasteiger partial charge in [-0.15, -0.1) is 0 Å². The molecule has 2 heterocycles. The zero-order valence-corrected chi connectivity index (χ0v) is 18.4. The highest BCUT2D eigenvalue weighted by Gasteiger charge is 2.38. The second-order valence-electron chi connectivity index (χ2n) is 9.39. The summed E-state index contributed by atoms with van der Waals surface area (Å²) in [7, 11) is 1.74. The number of benzene rings is 2. The van der Waals surface area contributed by atoms with Gasteiger partial charge in [-0.25, -0.2) is 0 Å². The molecule has 0 amide bonds. The van der Waals surface area contributed by atoms with Crippen molar-refractivity contribution in [1.82, 2.24) is 0 Å². The molecule has 0 fully saturated rings. The molecule has 2 aromatic carbocycles. The van der Waals surface area contributed by atoms with Gasteiger partial charge in [-0.2, -0.15) is 0 Å². The monoisotopic (exact) mass is 401 g/mol. The minimum Gasteiger partial charge on any atom is -0.496 e. The lowest BCUT2D eigenvalue weighted by Crippen LogP contribution is -2.33. The topological polar surface area (TPSA) is 30.5 Å². The van der Waals surface area contributed by atoms with Gasteiger partial charge in [0.15, 0.2) is 0 Å². The SMILES string of the molecule is COc1cccc2c1-c1ccc3c(c1C(C1CC=CCCC1)O2)C(C)=CC(C)(C)N3. The van der Waals surface area contributed by atoms with Crippen molar-refractivity contribution in [3.63, 3.8) is 0 Å². The normalized spacial score (nSPS) is 23.7. The molecule has 0 saturated carbocycles. The molecule has 156 valence electrons. The Morgan fingerprint density at radius 1 is 1.10 bits per heavy atom. The lowest BCUT2D eigenvalue weighted by atomic mass is 9.77. The van der Waals surface area contributed by atoms with Gasteiger partial charge >= 0.3 is 0 Å². The van der Waals surface area contributed by atoms with Gasteiger partial charge < -0.3 is 14.8 Å². The van der Waals surface area contributed by atoms with E-state index in [1.54, 1.807) is 7.11 Å². The zero-order chi connectivity index (χ0) is 20.9. The Kier molecular flexibility index (Phi) is 4.65. The van der Waals surface area contributed by atoms with Crippen LogP contribution in [0.4, 0.5) is 5.69 Å². The van der Waals surface area contributed by atoms with E-state index in [4.69, 9.17) is 9.47 Å². The lowest BCUT2D eigenvalue weighted by Gasteiger charge is -2.39. The van der Waals surface area contributed by atoms with Crippen LogP contribution in [0.15, 0.2) is 48.6 Å². The number of anilines is 1. The fraction of sp³-hybridized carbons (Fsp3) is 0.407. The molecular weight excluding hydrogens is 370 g/mol. The van der Waals surface area contributed by atoms with E-state index in [1.165, 1.54) is 47.2 Å². The highest BCUT2D eigenvalue weighted by atomic mass is 16.5. The van der Waals surface area contributed by atoms with Crippen LogP contribution >= 0.6 is 0 Å². The number of allylic oxidation sites excluding steroid dienone is 3. The quantitative estimate of drug-likeness (QED) is 0.542. The molecule has 3 nitrogen and oxygen atoms in total. The molecule has 0 spiro atoms. The van der Waals surface area contributed by atoms with E-state index >= 15 is 0 Å². The Labute approximate surface area is 179 Å². The molecule has 30 heavy (non-hydrogen) atoms. The Morgan fingerprint density at radius 2 is 1.97 bits per heavy atom. The van der Waals surface area contributed by atoms with E-state index in [0.717, 1.165) is 23.5 Å². The molecule has 3 aliphatic rings. The van der Waals surface area contributed by atoms with Crippen LogP contribution < -0.4 is 14.8 Å². The number of rotatable bonds is 2. The maximum atomic E-state index is 6.79. The van der Waals surface area contributed by atoms with E-state index in [-0.39, 0.29) is 11.6 Å². The first kappa shape index (κ1) is 19.3. The molecule has 0 saturated heterocycles. The van der Waals surface area contributed by atoms with E-state index in [0.29, 0.717) is 5.92 Å². The average molecular weight is 402 g/mol. The van der Waals surface area contributed by atoms with E-state index in [2.05, 4.69) is 62.5 Å². The van der Waals surface area contributed by atoms with Crippen LogP contribution in [0.3, 0.4) is 0 Å². The standard InChI is InChI=1S/C27H31NO2/c1-17-16-27(2,3)28-20-15-14-19-24-21(29-4)12-9-13-22(24)30-26(25(19)23(17)20)18-10-7-5-6-8-11-18/h5,7,9,12-16,18,26,28H,6,8,10-11H2,1-4H3. The van der Waals surface area contributed by atoms with Crippen LogP contribution in [-0.2, 0) is 0 Å². The van der Waals surface area contributed by atoms with Crippen LogP contribution in [0.25, 0.3) is 16.7 Å². The smallest absolute Gasteiger partial charge is 0.131 e. The molecule has 0 bridgehead atoms. The van der Waals surface area contributed by atoms with Crippen molar-refractivity contribution in [3.8, 4) is 22.6 Å². The van der Waals surface area contributed by atoms with Gasteiger partial charge in [-0.05, 0) is 75.8 Å². The summed E-state index contributed by atoms with van der Waals surface area (Å²) in [6.45, 7) is 6.69. The molecule has 0 radical (unpaired) electrons. The lowest BCUT2D eigenvalue weighted by molar-refractivity contribution is 0.126. The van der Waals surface area contributed by atoms with Crippen LogP contribution in [0, 0.1) is 5.92 Å². The fourth-order valence-electron chi connectivity index (χ4n) is 5.51. The minimum absolute atomic E-state index is 0.0451. The molecule has 2 atom stereocenters. The largest absolute Gasteiger partial charge is 0.496 e. The average Bonchev–Trinajstić information content (AvgIpc) is 3.00. The summed E-state index contributed by atoms with van der Waals surface area (Å²) < 4.78 is 12.5. The number of fused-ring (bicyclic) bond motifs is 5. The van der Waals surface area contributed by atoms with Crippen molar-refractivity contribution < 1.29 is 9.47 Å². The molecule has 5 rings (SSSR count). The minimum atomic E-state index is -0.0585. The Morgan fingerprint density at radius 3 is 2.80 bits per heavy atom. The summed E-state index contributed by atoms with van der Waals surface area (Å²) in [6, 6.07) is 10.6. The van der Waals surface area contributed by atoms with Crippen molar-refractivity contribution in [2.24, 2.45) is 5.92 Å². The predicted molar refractivity (Wildman–Crippen MR) is 124 cm³/mol. The first-order valence-corrected chi connectivity index (χ1v) is 11.1. The molecule has 0 aromatic heterocycles. The summed E-state index contributed by atoms with van der Waals surface area (Å²) in [4.78, 5) is 0. The van der Waals surface area contributed by atoms with Crippen molar-refractivity contribution >= 4 is 11.3 Å². The van der Waals surface area contributed by atoms with Crippen LogP contribution in [0.1, 0.15) is 63.7 Å². The maximum Gasteiger partial charge on any atom is 0.131 e. The van der Waals surface area contributed by atoms with E-state index in [9.17, 15) is 0 Å². The maximum absolute atomic E-state index is 6.79. The number of ether oxygens (including phenoxy) is 2. The Balaban J connectivity index is 1.76. The summed E-state index contributed by atoms with van der Waals surface area (Å²) >= 11 is 0. The van der Waals surface area contributed by atoms with Crippen LogP contribution in [0.2, 0.25) is 0 Å². The van der Waals surface area contributed by atoms with E-state index < -0.39 is 0 Å². The van der Waals surface area contributed by atoms with Gasteiger partial charge in [0.05, 0.1) is 18.2 Å². The third kappa shape index (κ3) is 3.12. The second kappa shape index (κ2) is 7.23. The van der Waals surface area contributed by atoms with E-state index in [1.807, 2.05) is 12.1 Å². The van der Waals surface area contributed by atoms with Gasteiger partial charge in [-0.1, -0.05) is 30.4 Å². The molecule has 2 aliphatic heterocycles. The van der Waals surface area contributed by atoms with Gasteiger partial charge in [-0.3, -0.25) is 0 Å². The number of nitrogens with one attached hydrogen (secondary N) is 1.